The van der Waals surface area contributed by atoms with Crippen LogP contribution in [0.3, 0.4) is 0 Å². The van der Waals surface area contributed by atoms with Gasteiger partial charge >= 0.3 is 0 Å². The van der Waals surface area contributed by atoms with E-state index in [0.29, 0.717) is 30.9 Å². The van der Waals surface area contributed by atoms with Crippen molar-refractivity contribution in [3.8, 4) is 10.8 Å². The van der Waals surface area contributed by atoms with Crippen molar-refractivity contribution >= 4 is 41.3 Å². The minimum Gasteiger partial charge on any atom is -0.443 e. The third-order valence-electron chi connectivity index (χ3n) is 4.36. The van der Waals surface area contributed by atoms with Crippen molar-refractivity contribution in [1.82, 2.24) is 20.8 Å². The summed E-state index contributed by atoms with van der Waals surface area (Å²) in [7, 11) is 1.73. The van der Waals surface area contributed by atoms with Gasteiger partial charge in [0.25, 0.3) is 0 Å². The predicted molar refractivity (Wildman–Crippen MR) is 122 cm³/mol. The Hall–Kier alpha value is -1.88. The molecule has 0 aliphatic rings. The van der Waals surface area contributed by atoms with E-state index in [-0.39, 0.29) is 24.0 Å². The highest BCUT2D eigenvalue weighted by molar-refractivity contribution is 14.0. The molecule has 0 spiro atoms. The summed E-state index contributed by atoms with van der Waals surface area (Å²) in [5.74, 6) is 2.54. The van der Waals surface area contributed by atoms with E-state index in [1.807, 2.05) is 23.6 Å². The third kappa shape index (κ3) is 5.81. The van der Waals surface area contributed by atoms with Crippen LogP contribution in [0, 0.1) is 0 Å². The third-order valence-corrected chi connectivity index (χ3v) is 5.21. The number of rotatable bonds is 8. The van der Waals surface area contributed by atoms with Crippen LogP contribution in [0.25, 0.3) is 10.8 Å². The quantitative estimate of drug-likeness (QED) is 0.255. The van der Waals surface area contributed by atoms with Gasteiger partial charge in [0, 0.05) is 19.0 Å². The second kappa shape index (κ2) is 11.2. The first-order valence-corrected chi connectivity index (χ1v) is 9.99. The molecule has 0 aromatic carbocycles. The summed E-state index contributed by atoms with van der Waals surface area (Å²) in [4.78, 5) is 9.73. The number of oxazole rings is 1. The molecular weight excluding hydrogens is 489 g/mol. The number of aromatic nitrogens is 2. The van der Waals surface area contributed by atoms with Gasteiger partial charge in [-0.15, -0.1) is 35.3 Å². The standard InChI is InChI=1S/C19H25N5O2S.HI/c1-4-13(5-2)16-9-15(26-24-16)11-22-19(20-3)21-10-14-12-25-18(23-14)17-7-6-8-27-17;/h6-9,12-13H,4-5,10-11H2,1-3H3,(H2,20,21,22);1H. The molecule has 0 saturated carbocycles. The minimum absolute atomic E-state index is 0. The van der Waals surface area contributed by atoms with Crippen molar-refractivity contribution < 1.29 is 8.94 Å². The van der Waals surface area contributed by atoms with Crippen molar-refractivity contribution in [2.24, 2.45) is 4.99 Å². The topological polar surface area (TPSA) is 88.5 Å². The molecule has 28 heavy (non-hydrogen) atoms. The van der Waals surface area contributed by atoms with Gasteiger partial charge in [-0.2, -0.15) is 0 Å². The van der Waals surface area contributed by atoms with Crippen molar-refractivity contribution in [2.75, 3.05) is 7.05 Å². The van der Waals surface area contributed by atoms with Crippen molar-refractivity contribution in [3.05, 3.63) is 47.0 Å². The van der Waals surface area contributed by atoms with Crippen LogP contribution in [-0.2, 0) is 13.1 Å². The first-order chi connectivity index (χ1) is 13.2. The Morgan fingerprint density at radius 3 is 2.71 bits per heavy atom. The van der Waals surface area contributed by atoms with Crippen LogP contribution in [0.1, 0.15) is 49.8 Å². The molecule has 2 N–H and O–H groups in total. The lowest BCUT2D eigenvalue weighted by atomic mass is 9.99. The summed E-state index contributed by atoms with van der Waals surface area (Å²) in [6, 6.07) is 5.98. The smallest absolute Gasteiger partial charge is 0.236 e. The van der Waals surface area contributed by atoms with E-state index in [4.69, 9.17) is 8.94 Å². The fraction of sp³-hybridized carbons (Fsp3) is 0.421. The van der Waals surface area contributed by atoms with Gasteiger partial charge in [0.05, 0.1) is 29.4 Å². The van der Waals surface area contributed by atoms with E-state index in [9.17, 15) is 0 Å². The Morgan fingerprint density at radius 2 is 2.04 bits per heavy atom. The molecular formula is C19H26IN5O2S. The van der Waals surface area contributed by atoms with Crippen LogP contribution in [0.4, 0.5) is 0 Å². The maximum absolute atomic E-state index is 5.53. The number of halogens is 1. The second-order valence-electron chi connectivity index (χ2n) is 6.13. The summed E-state index contributed by atoms with van der Waals surface area (Å²) in [6.45, 7) is 5.37. The number of hydrogen-bond acceptors (Lipinski definition) is 6. The monoisotopic (exact) mass is 515 g/mol. The lowest BCUT2D eigenvalue weighted by Gasteiger charge is -2.09. The van der Waals surface area contributed by atoms with Crippen LogP contribution in [0.5, 0.6) is 0 Å². The lowest BCUT2D eigenvalue weighted by Crippen LogP contribution is -2.36. The maximum Gasteiger partial charge on any atom is 0.236 e. The van der Waals surface area contributed by atoms with Crippen LogP contribution < -0.4 is 10.6 Å². The number of nitrogens with zero attached hydrogens (tertiary/aromatic N) is 3. The molecule has 3 aromatic heterocycles. The first kappa shape index (κ1) is 22.4. The highest BCUT2D eigenvalue weighted by Gasteiger charge is 2.13. The predicted octanol–water partition coefficient (Wildman–Crippen LogP) is 4.78. The van der Waals surface area contributed by atoms with Gasteiger partial charge in [-0.3, -0.25) is 4.99 Å². The zero-order valence-electron chi connectivity index (χ0n) is 16.3. The molecule has 9 heteroatoms. The minimum atomic E-state index is 0. The van der Waals surface area contributed by atoms with Crippen LogP contribution in [0.15, 0.2) is 43.8 Å². The van der Waals surface area contributed by atoms with Gasteiger partial charge in [0.2, 0.25) is 5.89 Å². The van der Waals surface area contributed by atoms with Gasteiger partial charge in [-0.1, -0.05) is 25.1 Å². The molecule has 0 aliphatic carbocycles. The SMILES string of the molecule is CCC(CC)c1cc(CNC(=NC)NCc2coc(-c3cccs3)n2)on1.I. The molecule has 0 bridgehead atoms. The van der Waals surface area contributed by atoms with E-state index in [1.165, 1.54) is 0 Å². The largest absolute Gasteiger partial charge is 0.443 e. The number of guanidine groups is 1. The van der Waals surface area contributed by atoms with Crippen LogP contribution >= 0.6 is 35.3 Å². The Morgan fingerprint density at radius 1 is 1.25 bits per heavy atom. The second-order valence-corrected chi connectivity index (χ2v) is 7.08. The van der Waals surface area contributed by atoms with Gasteiger partial charge in [0.15, 0.2) is 11.7 Å². The molecule has 3 rings (SSSR count). The molecule has 152 valence electrons. The van der Waals surface area contributed by atoms with Gasteiger partial charge < -0.3 is 19.6 Å². The summed E-state index contributed by atoms with van der Waals surface area (Å²) >= 11 is 1.60. The van der Waals surface area contributed by atoms with Gasteiger partial charge in [0.1, 0.15) is 6.26 Å². The number of nitrogens with one attached hydrogen (secondary N) is 2. The molecule has 0 atom stereocenters. The normalized spacial score (nSPS) is 11.5. The molecule has 3 aromatic rings. The summed E-state index contributed by atoms with van der Waals surface area (Å²) in [5, 5.41) is 12.6. The zero-order valence-corrected chi connectivity index (χ0v) is 19.4. The fourth-order valence-corrected chi connectivity index (χ4v) is 3.43. The molecule has 0 saturated heterocycles. The fourth-order valence-electron chi connectivity index (χ4n) is 2.78. The van der Waals surface area contributed by atoms with Gasteiger partial charge in [-0.25, -0.2) is 4.98 Å². The molecule has 0 amide bonds. The average Bonchev–Trinajstić information content (AvgIpc) is 3.44. The highest BCUT2D eigenvalue weighted by atomic mass is 127. The maximum atomic E-state index is 5.53. The van der Waals surface area contributed by atoms with E-state index in [2.05, 4.69) is 39.6 Å². The number of hydrogen-bond donors (Lipinski definition) is 2. The van der Waals surface area contributed by atoms with E-state index in [1.54, 1.807) is 24.6 Å². The molecule has 0 radical (unpaired) electrons. The first-order valence-electron chi connectivity index (χ1n) is 9.11. The van der Waals surface area contributed by atoms with Crippen LogP contribution in [-0.4, -0.2) is 23.1 Å². The van der Waals surface area contributed by atoms with Crippen molar-refractivity contribution in [2.45, 2.75) is 45.7 Å². The van der Waals surface area contributed by atoms with Crippen molar-refractivity contribution in [1.29, 1.82) is 0 Å². The van der Waals surface area contributed by atoms with E-state index < -0.39 is 0 Å². The molecule has 7 nitrogen and oxygen atoms in total. The average molecular weight is 515 g/mol. The molecule has 0 unspecified atom stereocenters. The molecule has 0 aliphatic heterocycles. The Kier molecular flexibility index (Phi) is 8.97. The van der Waals surface area contributed by atoms with Crippen molar-refractivity contribution in [3.63, 3.8) is 0 Å². The highest BCUT2D eigenvalue weighted by Crippen LogP contribution is 2.24. The van der Waals surface area contributed by atoms with E-state index >= 15 is 0 Å². The molecule has 0 fully saturated rings. The number of aliphatic imine (C=N–C) groups is 1. The summed E-state index contributed by atoms with van der Waals surface area (Å²) in [6.07, 6.45) is 3.78. The molecule has 3 heterocycles. The zero-order chi connectivity index (χ0) is 19.1. The summed E-state index contributed by atoms with van der Waals surface area (Å²) < 4.78 is 11.0. The summed E-state index contributed by atoms with van der Waals surface area (Å²) in [5.41, 5.74) is 1.83. The Bertz CT molecular complexity index is 855. The van der Waals surface area contributed by atoms with Gasteiger partial charge in [-0.05, 0) is 24.3 Å². The number of thiophene rings is 1. The lowest BCUT2D eigenvalue weighted by molar-refractivity contribution is 0.368. The van der Waals surface area contributed by atoms with Crippen LogP contribution in [0.2, 0.25) is 0 Å². The Labute approximate surface area is 186 Å². The Balaban J connectivity index is 0.00000280. The van der Waals surface area contributed by atoms with E-state index in [0.717, 1.165) is 34.9 Å².